The van der Waals surface area contributed by atoms with E-state index in [0.29, 0.717) is 28.0 Å². The largest absolute Gasteiger partial charge is 0.466 e. The van der Waals surface area contributed by atoms with E-state index in [-0.39, 0.29) is 42.3 Å². The van der Waals surface area contributed by atoms with Gasteiger partial charge in [-0.2, -0.15) is 0 Å². The normalized spacial score (nSPS) is 19.5. The lowest BCUT2D eigenvalue weighted by Gasteiger charge is -2.36. The molecular formula is C24H27N5O5S2. The third-order valence-electron chi connectivity index (χ3n) is 5.87. The summed E-state index contributed by atoms with van der Waals surface area (Å²) in [6, 6.07) is 2.49. The van der Waals surface area contributed by atoms with Gasteiger partial charge in [0, 0.05) is 25.3 Å². The third kappa shape index (κ3) is 4.87. The van der Waals surface area contributed by atoms with Crippen molar-refractivity contribution < 1.29 is 19.1 Å². The Balaban J connectivity index is 1.90. The molecule has 2 amide bonds. The van der Waals surface area contributed by atoms with Crippen molar-refractivity contribution in [1.82, 2.24) is 19.6 Å². The van der Waals surface area contributed by atoms with Crippen molar-refractivity contribution in [3.05, 3.63) is 44.7 Å². The molecule has 190 valence electrons. The zero-order valence-corrected chi connectivity index (χ0v) is 22.1. The van der Waals surface area contributed by atoms with Crippen LogP contribution < -0.4 is 15.8 Å². The number of nitrogens with one attached hydrogen (secondary N) is 1. The number of carbonyl (C=O) groups excluding carboxylic acids is 3. The predicted octanol–water partition coefficient (Wildman–Crippen LogP) is 1.87. The van der Waals surface area contributed by atoms with E-state index < -0.39 is 17.6 Å². The number of pyridine rings is 1. The number of hydrogen-bond acceptors (Lipinski definition) is 9. The average molecular weight is 530 g/mol. The first kappa shape index (κ1) is 25.8. The molecule has 12 heteroatoms. The number of hydrogen-bond donors (Lipinski definition) is 1. The van der Waals surface area contributed by atoms with Crippen LogP contribution in [0.4, 0.5) is 5.82 Å². The zero-order chi connectivity index (χ0) is 26.1. The van der Waals surface area contributed by atoms with Crippen molar-refractivity contribution in [1.29, 1.82) is 0 Å². The summed E-state index contributed by atoms with van der Waals surface area (Å²) >= 11 is 6.51. The van der Waals surface area contributed by atoms with E-state index >= 15 is 0 Å². The Morgan fingerprint density at radius 3 is 2.75 bits per heavy atom. The van der Waals surface area contributed by atoms with Crippen molar-refractivity contribution >= 4 is 63.6 Å². The zero-order valence-electron chi connectivity index (χ0n) is 20.4. The van der Waals surface area contributed by atoms with Crippen molar-refractivity contribution in [2.24, 2.45) is 0 Å². The van der Waals surface area contributed by atoms with Gasteiger partial charge in [0.05, 0.1) is 23.5 Å². The molecule has 0 saturated carbocycles. The van der Waals surface area contributed by atoms with Gasteiger partial charge >= 0.3 is 5.97 Å². The van der Waals surface area contributed by atoms with Gasteiger partial charge < -0.3 is 15.0 Å². The molecule has 0 unspecified atom stereocenters. The molecule has 2 aliphatic rings. The van der Waals surface area contributed by atoms with Crippen LogP contribution in [-0.4, -0.2) is 68.2 Å². The molecule has 0 spiro atoms. The summed E-state index contributed by atoms with van der Waals surface area (Å²) in [5.41, 5.74) is 0.988. The molecule has 2 saturated heterocycles. The molecule has 2 aromatic heterocycles. The standard InChI is InChI=1S/C24H27N5O5S2/c1-5-34-19(30)11-16-21(31)25-8-9-27(16)20-15(10-17-23(33)29(13(2)3)24(35)36-17)22(32)28-12-14(4)6-7-18(28)26-20/h6-7,10,12-13,16H,5,8-9,11H2,1-4H3,(H,25,31)/b17-10-/t16-/m0/s1. The summed E-state index contributed by atoms with van der Waals surface area (Å²) in [4.78, 5) is 60.1. The predicted molar refractivity (Wildman–Crippen MR) is 142 cm³/mol. The SMILES string of the molecule is CCOC(=O)C[C@H]1C(=O)NCCN1c1nc2ccc(C)cn2c(=O)c1/C=C1\SC(=S)N(C(C)C)C1=O. The van der Waals surface area contributed by atoms with Gasteiger partial charge in [0.15, 0.2) is 0 Å². The highest BCUT2D eigenvalue weighted by molar-refractivity contribution is 8.26. The molecule has 0 aromatic carbocycles. The summed E-state index contributed by atoms with van der Waals surface area (Å²) in [5, 5.41) is 2.77. The summed E-state index contributed by atoms with van der Waals surface area (Å²) < 4.78 is 6.89. The fourth-order valence-electron chi connectivity index (χ4n) is 4.20. The molecule has 36 heavy (non-hydrogen) atoms. The first-order chi connectivity index (χ1) is 17.1. The molecule has 4 heterocycles. The van der Waals surface area contributed by atoms with Gasteiger partial charge in [0.1, 0.15) is 21.8 Å². The molecule has 2 fully saturated rings. The number of anilines is 1. The summed E-state index contributed by atoms with van der Waals surface area (Å²) in [6.45, 7) is 8.08. The highest BCUT2D eigenvalue weighted by Gasteiger charge is 2.37. The number of piperazine rings is 1. The lowest BCUT2D eigenvalue weighted by Crippen LogP contribution is -2.57. The van der Waals surface area contributed by atoms with Crippen LogP contribution >= 0.6 is 24.0 Å². The molecule has 0 radical (unpaired) electrons. The quantitative estimate of drug-likeness (QED) is 0.340. The lowest BCUT2D eigenvalue weighted by atomic mass is 10.1. The van der Waals surface area contributed by atoms with Gasteiger partial charge in [-0.15, -0.1) is 0 Å². The van der Waals surface area contributed by atoms with Crippen LogP contribution in [0.25, 0.3) is 11.7 Å². The van der Waals surface area contributed by atoms with E-state index in [4.69, 9.17) is 21.9 Å². The van der Waals surface area contributed by atoms with Gasteiger partial charge in [-0.1, -0.05) is 30.0 Å². The summed E-state index contributed by atoms with van der Waals surface area (Å²) in [7, 11) is 0. The lowest BCUT2D eigenvalue weighted by molar-refractivity contribution is -0.145. The number of thioether (sulfide) groups is 1. The van der Waals surface area contributed by atoms with Crippen molar-refractivity contribution in [2.45, 2.75) is 46.2 Å². The van der Waals surface area contributed by atoms with E-state index in [1.54, 1.807) is 24.1 Å². The van der Waals surface area contributed by atoms with Crippen LogP contribution in [0, 0.1) is 6.92 Å². The molecule has 2 aliphatic heterocycles. The van der Waals surface area contributed by atoms with Crippen LogP contribution in [0.15, 0.2) is 28.0 Å². The second-order valence-corrected chi connectivity index (χ2v) is 10.4. The summed E-state index contributed by atoms with van der Waals surface area (Å²) in [6.07, 6.45) is 2.96. The van der Waals surface area contributed by atoms with Crippen LogP contribution in [0.1, 0.15) is 38.3 Å². The van der Waals surface area contributed by atoms with Gasteiger partial charge in [0.2, 0.25) is 5.91 Å². The minimum atomic E-state index is -0.921. The van der Waals surface area contributed by atoms with Gasteiger partial charge in [-0.3, -0.25) is 28.5 Å². The molecule has 1 N–H and O–H groups in total. The summed E-state index contributed by atoms with van der Waals surface area (Å²) in [5.74, 6) is -0.962. The number of fused-ring (bicyclic) bond motifs is 1. The fraction of sp³-hybridized carbons (Fsp3) is 0.417. The average Bonchev–Trinajstić information content (AvgIpc) is 3.10. The Hall–Kier alpha value is -3.25. The number of aromatic nitrogens is 2. The Kier molecular flexibility index (Phi) is 7.46. The molecule has 2 aromatic rings. The second kappa shape index (κ2) is 10.4. The van der Waals surface area contributed by atoms with Gasteiger partial charge in [0.25, 0.3) is 11.5 Å². The molecule has 0 bridgehead atoms. The second-order valence-electron chi connectivity index (χ2n) is 8.74. The Labute approximate surface area is 217 Å². The number of amides is 2. The topological polar surface area (TPSA) is 113 Å². The van der Waals surface area contributed by atoms with E-state index in [2.05, 4.69) is 5.32 Å². The maximum atomic E-state index is 13.7. The van der Waals surface area contributed by atoms with Gasteiger partial charge in [-0.05, 0) is 45.4 Å². The van der Waals surface area contributed by atoms with E-state index in [0.717, 1.165) is 17.3 Å². The Morgan fingerprint density at radius 2 is 2.08 bits per heavy atom. The maximum Gasteiger partial charge on any atom is 0.308 e. The molecular weight excluding hydrogens is 502 g/mol. The van der Waals surface area contributed by atoms with E-state index in [9.17, 15) is 19.2 Å². The van der Waals surface area contributed by atoms with Crippen molar-refractivity contribution in [2.75, 3.05) is 24.6 Å². The van der Waals surface area contributed by atoms with Crippen molar-refractivity contribution in [3.63, 3.8) is 0 Å². The number of esters is 1. The van der Waals surface area contributed by atoms with Crippen molar-refractivity contribution in [3.8, 4) is 0 Å². The number of ether oxygens (including phenoxy) is 1. The molecule has 0 aliphatic carbocycles. The number of thiocarbonyl (C=S) groups is 1. The number of aryl methyl sites for hydroxylation is 1. The Bertz CT molecular complexity index is 1350. The van der Waals surface area contributed by atoms with E-state index in [1.807, 2.05) is 26.8 Å². The number of carbonyl (C=O) groups is 3. The smallest absolute Gasteiger partial charge is 0.308 e. The molecule has 10 nitrogen and oxygen atoms in total. The monoisotopic (exact) mass is 529 g/mol. The fourth-order valence-corrected chi connectivity index (χ4v) is 5.70. The minimum absolute atomic E-state index is 0.138. The number of nitrogens with zero attached hydrogens (tertiary/aromatic N) is 4. The molecule has 4 rings (SSSR count). The van der Waals surface area contributed by atoms with Crippen LogP contribution in [0.5, 0.6) is 0 Å². The maximum absolute atomic E-state index is 13.7. The first-order valence-corrected chi connectivity index (χ1v) is 12.8. The Morgan fingerprint density at radius 1 is 1.33 bits per heavy atom. The minimum Gasteiger partial charge on any atom is -0.466 e. The van der Waals surface area contributed by atoms with Crippen LogP contribution in [0.3, 0.4) is 0 Å². The highest BCUT2D eigenvalue weighted by Crippen LogP contribution is 2.35. The van der Waals surface area contributed by atoms with Crippen LogP contribution in [-0.2, 0) is 19.1 Å². The highest BCUT2D eigenvalue weighted by atomic mass is 32.2. The first-order valence-electron chi connectivity index (χ1n) is 11.6. The van der Waals surface area contributed by atoms with E-state index in [1.165, 1.54) is 15.4 Å². The third-order valence-corrected chi connectivity index (χ3v) is 7.20. The number of rotatable bonds is 6. The van der Waals surface area contributed by atoms with Crippen LogP contribution in [0.2, 0.25) is 0 Å². The van der Waals surface area contributed by atoms with Gasteiger partial charge in [-0.25, -0.2) is 4.98 Å². The molecule has 1 atom stereocenters.